The van der Waals surface area contributed by atoms with Crippen LogP contribution in [0.5, 0.6) is 0 Å². The van der Waals surface area contributed by atoms with Crippen molar-refractivity contribution in [3.05, 3.63) is 38.3 Å². The molecule has 0 heterocycles. The molecule has 0 saturated carbocycles. The van der Waals surface area contributed by atoms with Crippen molar-refractivity contribution in [2.24, 2.45) is 0 Å². The van der Waals surface area contributed by atoms with Gasteiger partial charge in [-0.15, -0.1) is 0 Å². The maximum atomic E-state index is 10.8. The molecule has 6 nitrogen and oxygen atoms in total. The van der Waals surface area contributed by atoms with E-state index in [9.17, 15) is 14.9 Å². The highest BCUT2D eigenvalue weighted by molar-refractivity contribution is 9.10. The van der Waals surface area contributed by atoms with E-state index in [0.717, 1.165) is 0 Å². The van der Waals surface area contributed by atoms with E-state index in [1.54, 1.807) is 12.1 Å². The van der Waals surface area contributed by atoms with Gasteiger partial charge in [-0.2, -0.15) is 0 Å². The number of halogens is 1. The van der Waals surface area contributed by atoms with Crippen molar-refractivity contribution >= 4 is 27.6 Å². The van der Waals surface area contributed by atoms with E-state index in [1.807, 2.05) is 0 Å². The molecule has 0 unspecified atom stereocenters. The quantitative estimate of drug-likeness (QED) is 0.640. The number of carboxylic acids is 1. The lowest BCUT2D eigenvalue weighted by Crippen LogP contribution is -2.33. The Hall–Kier alpha value is -1.47. The predicted octanol–water partition coefficient (Wildman–Crippen LogP) is 1.92. The van der Waals surface area contributed by atoms with Crippen LogP contribution in [0.4, 0.5) is 5.69 Å². The fourth-order valence-corrected chi connectivity index (χ4v) is 1.56. The van der Waals surface area contributed by atoms with E-state index in [-0.39, 0.29) is 12.2 Å². The third-order valence-corrected chi connectivity index (χ3v) is 2.71. The lowest BCUT2D eigenvalue weighted by Gasteiger charge is -2.09. The van der Waals surface area contributed by atoms with Gasteiger partial charge in [-0.1, -0.05) is 15.9 Å². The Morgan fingerprint density at radius 2 is 2.29 bits per heavy atom. The predicted molar refractivity (Wildman–Crippen MR) is 64.7 cm³/mol. The summed E-state index contributed by atoms with van der Waals surface area (Å²) in [5, 5.41) is 22.2. The summed E-state index contributed by atoms with van der Waals surface area (Å²) in [6.07, 6.45) is 0. The van der Waals surface area contributed by atoms with Gasteiger partial charge in [-0.05, 0) is 19.1 Å². The minimum Gasteiger partial charge on any atom is -0.480 e. The number of nitrogens with one attached hydrogen (secondary N) is 1. The van der Waals surface area contributed by atoms with E-state index in [4.69, 9.17) is 5.11 Å². The molecule has 0 aliphatic heterocycles. The second-order valence-electron chi connectivity index (χ2n) is 3.47. The first kappa shape index (κ1) is 13.6. The van der Waals surface area contributed by atoms with Crippen LogP contribution in [0.25, 0.3) is 0 Å². The zero-order valence-corrected chi connectivity index (χ0v) is 10.6. The summed E-state index contributed by atoms with van der Waals surface area (Å²) in [7, 11) is 0. The van der Waals surface area contributed by atoms with Crippen molar-refractivity contribution < 1.29 is 14.8 Å². The van der Waals surface area contributed by atoms with Gasteiger partial charge in [0.2, 0.25) is 0 Å². The Kier molecular flexibility index (Phi) is 4.59. The van der Waals surface area contributed by atoms with Crippen LogP contribution >= 0.6 is 15.9 Å². The van der Waals surface area contributed by atoms with Crippen LogP contribution in [0.3, 0.4) is 0 Å². The molecule has 0 saturated heterocycles. The highest BCUT2D eigenvalue weighted by Gasteiger charge is 2.16. The normalized spacial score (nSPS) is 12.1. The molecule has 1 rings (SSSR count). The average Bonchev–Trinajstić information content (AvgIpc) is 2.26. The summed E-state index contributed by atoms with van der Waals surface area (Å²) in [6, 6.07) is 3.90. The largest absolute Gasteiger partial charge is 0.480 e. The van der Waals surface area contributed by atoms with Gasteiger partial charge < -0.3 is 10.4 Å². The van der Waals surface area contributed by atoms with E-state index in [1.165, 1.54) is 13.0 Å². The highest BCUT2D eigenvalue weighted by Crippen LogP contribution is 2.23. The summed E-state index contributed by atoms with van der Waals surface area (Å²) in [4.78, 5) is 20.9. The standard InChI is InChI=1S/C10H11BrN2O4/c1-6(10(14)15)12-5-7-2-3-8(11)4-9(7)13(16)17/h2-4,6,12H,5H2,1H3,(H,14,15)/t6-/m1/s1. The number of rotatable bonds is 5. The molecule has 17 heavy (non-hydrogen) atoms. The molecule has 1 aromatic rings. The molecule has 0 bridgehead atoms. The third kappa shape index (κ3) is 3.79. The lowest BCUT2D eigenvalue weighted by atomic mass is 10.1. The number of hydrogen-bond acceptors (Lipinski definition) is 4. The van der Waals surface area contributed by atoms with Crippen molar-refractivity contribution in [3.63, 3.8) is 0 Å². The minimum atomic E-state index is -0.996. The number of nitro groups is 1. The first-order valence-electron chi connectivity index (χ1n) is 4.81. The number of aliphatic carboxylic acids is 1. The number of hydrogen-bond donors (Lipinski definition) is 2. The molecule has 2 N–H and O–H groups in total. The first-order valence-corrected chi connectivity index (χ1v) is 5.60. The molecule has 0 radical (unpaired) electrons. The first-order chi connectivity index (χ1) is 7.91. The van der Waals surface area contributed by atoms with Crippen LogP contribution in [0.1, 0.15) is 12.5 Å². The van der Waals surface area contributed by atoms with Gasteiger partial charge in [0.15, 0.2) is 0 Å². The van der Waals surface area contributed by atoms with Crippen LogP contribution in [0, 0.1) is 10.1 Å². The summed E-state index contributed by atoms with van der Waals surface area (Å²) in [6.45, 7) is 1.62. The van der Waals surface area contributed by atoms with Gasteiger partial charge in [0.05, 0.1) is 4.92 Å². The molecule has 7 heteroatoms. The van der Waals surface area contributed by atoms with E-state index in [2.05, 4.69) is 21.2 Å². The number of nitro benzene ring substituents is 1. The molecule has 0 aromatic heterocycles. The van der Waals surface area contributed by atoms with Crippen LogP contribution in [-0.4, -0.2) is 22.0 Å². The summed E-state index contributed by atoms with van der Waals surface area (Å²) >= 11 is 3.15. The maximum Gasteiger partial charge on any atom is 0.320 e. The van der Waals surface area contributed by atoms with E-state index < -0.39 is 16.9 Å². The topological polar surface area (TPSA) is 92.5 Å². The van der Waals surface area contributed by atoms with Crippen LogP contribution < -0.4 is 5.32 Å². The summed E-state index contributed by atoms with van der Waals surface area (Å²) in [5.41, 5.74) is 0.413. The Morgan fingerprint density at radius 3 is 2.82 bits per heavy atom. The fourth-order valence-electron chi connectivity index (χ4n) is 1.21. The number of carboxylic acid groups (broad SMARTS) is 1. The van der Waals surface area contributed by atoms with Crippen molar-refractivity contribution in [2.45, 2.75) is 19.5 Å². The summed E-state index contributed by atoms with van der Waals surface area (Å²) < 4.78 is 0.610. The smallest absolute Gasteiger partial charge is 0.320 e. The fraction of sp³-hybridized carbons (Fsp3) is 0.300. The number of carbonyl (C=O) groups is 1. The summed E-state index contributed by atoms with van der Waals surface area (Å²) in [5.74, 6) is -0.996. The Labute approximate surface area is 106 Å². The zero-order valence-electron chi connectivity index (χ0n) is 9.01. The third-order valence-electron chi connectivity index (χ3n) is 2.21. The molecular formula is C10H11BrN2O4. The van der Waals surface area contributed by atoms with Crippen molar-refractivity contribution in [3.8, 4) is 0 Å². The molecule has 0 amide bonds. The van der Waals surface area contributed by atoms with Crippen LogP contribution in [0.15, 0.2) is 22.7 Å². The maximum absolute atomic E-state index is 10.8. The number of benzene rings is 1. The monoisotopic (exact) mass is 302 g/mol. The second-order valence-corrected chi connectivity index (χ2v) is 4.39. The highest BCUT2D eigenvalue weighted by atomic mass is 79.9. The van der Waals surface area contributed by atoms with Gasteiger partial charge in [-0.3, -0.25) is 14.9 Å². The molecule has 1 aromatic carbocycles. The van der Waals surface area contributed by atoms with Gasteiger partial charge in [0, 0.05) is 22.6 Å². The molecule has 0 aliphatic rings. The van der Waals surface area contributed by atoms with Crippen LogP contribution in [0.2, 0.25) is 0 Å². The molecule has 0 aliphatic carbocycles. The zero-order chi connectivity index (χ0) is 13.0. The SMILES string of the molecule is C[C@@H](NCc1ccc(Br)cc1[N+](=O)[O-])C(=O)O. The van der Waals surface area contributed by atoms with Gasteiger partial charge >= 0.3 is 5.97 Å². The van der Waals surface area contributed by atoms with Crippen molar-refractivity contribution in [1.29, 1.82) is 0 Å². The van der Waals surface area contributed by atoms with Crippen molar-refractivity contribution in [2.75, 3.05) is 0 Å². The second kappa shape index (κ2) is 5.74. The molecular weight excluding hydrogens is 292 g/mol. The molecule has 92 valence electrons. The van der Waals surface area contributed by atoms with Gasteiger partial charge in [0.25, 0.3) is 5.69 Å². The number of nitrogens with zero attached hydrogens (tertiary/aromatic N) is 1. The molecule has 0 spiro atoms. The van der Waals surface area contributed by atoms with Gasteiger partial charge in [0.1, 0.15) is 6.04 Å². The Morgan fingerprint density at radius 1 is 1.65 bits per heavy atom. The van der Waals surface area contributed by atoms with E-state index in [0.29, 0.717) is 10.0 Å². The lowest BCUT2D eigenvalue weighted by molar-refractivity contribution is -0.385. The Bertz CT molecular complexity index is 450. The molecule has 1 atom stereocenters. The van der Waals surface area contributed by atoms with Crippen molar-refractivity contribution in [1.82, 2.24) is 5.32 Å². The van der Waals surface area contributed by atoms with E-state index >= 15 is 0 Å². The Balaban J connectivity index is 2.84. The van der Waals surface area contributed by atoms with Gasteiger partial charge in [-0.25, -0.2) is 0 Å². The minimum absolute atomic E-state index is 0.0375. The average molecular weight is 303 g/mol. The molecule has 0 fully saturated rings. The van der Waals surface area contributed by atoms with Crippen LogP contribution in [-0.2, 0) is 11.3 Å².